The highest BCUT2D eigenvalue weighted by Crippen LogP contribution is 2.44. The van der Waals surface area contributed by atoms with Crippen LogP contribution in [0.15, 0.2) is 72.8 Å². The van der Waals surface area contributed by atoms with Crippen molar-refractivity contribution in [3.8, 4) is 11.1 Å². The van der Waals surface area contributed by atoms with E-state index in [1.165, 1.54) is 11.1 Å². The Balaban J connectivity index is 1.24. The molecule has 0 aliphatic heterocycles. The van der Waals surface area contributed by atoms with Crippen LogP contribution in [0.5, 0.6) is 0 Å². The molecule has 3 aromatic carbocycles. The van der Waals surface area contributed by atoms with Gasteiger partial charge < -0.3 is 25.4 Å². The van der Waals surface area contributed by atoms with Crippen LogP contribution < -0.4 is 5.32 Å². The lowest BCUT2D eigenvalue weighted by Crippen LogP contribution is -2.30. The van der Waals surface area contributed by atoms with Crippen LogP contribution >= 0.6 is 0 Å². The first-order chi connectivity index (χ1) is 16.6. The minimum Gasteiger partial charge on any atom is -0.449 e. The van der Waals surface area contributed by atoms with Crippen LogP contribution in [-0.4, -0.2) is 47.3 Å². The Morgan fingerprint density at radius 1 is 0.912 bits per heavy atom. The lowest BCUT2D eigenvalue weighted by atomic mass is 9.98. The van der Waals surface area contributed by atoms with Crippen molar-refractivity contribution in [1.82, 2.24) is 5.32 Å². The molecule has 4 rings (SSSR count). The maximum Gasteiger partial charge on any atom is 0.407 e. The second-order valence-electron chi connectivity index (χ2n) is 8.62. The van der Waals surface area contributed by atoms with E-state index in [0.717, 1.165) is 23.1 Å². The van der Waals surface area contributed by atoms with Crippen LogP contribution in [0.3, 0.4) is 0 Å². The maximum absolute atomic E-state index is 12.3. The number of benzene rings is 3. The molecule has 0 aromatic heterocycles. The molecule has 4 N–H and O–H groups in total. The Kier molecular flexibility index (Phi) is 7.95. The normalized spacial score (nSPS) is 14.2. The summed E-state index contributed by atoms with van der Waals surface area (Å²) in [7, 11) is 0. The summed E-state index contributed by atoms with van der Waals surface area (Å²) in [5.41, 5.74) is 6.32. The standard InChI is InChI=1S/C28H31NO5/c30-17-5-6-19-11-13-20(14-12-19)27(32)26(31)15-16-29-28(33)34-18-25-23-9-3-1-7-21(23)22-8-2-4-10-24(22)25/h1-4,7-14,25-27,30-32H,5-6,15-18H2,(H,29,33). The van der Waals surface area contributed by atoms with Crippen molar-refractivity contribution in [3.05, 3.63) is 95.1 Å². The number of fused-ring (bicyclic) bond motifs is 3. The van der Waals surface area contributed by atoms with E-state index in [-0.39, 0.29) is 32.1 Å². The summed E-state index contributed by atoms with van der Waals surface area (Å²) in [6, 6.07) is 23.6. The first-order valence-electron chi connectivity index (χ1n) is 11.7. The first-order valence-corrected chi connectivity index (χ1v) is 11.7. The highest BCUT2D eigenvalue weighted by molar-refractivity contribution is 5.79. The topological polar surface area (TPSA) is 99.0 Å². The number of hydrogen-bond donors (Lipinski definition) is 4. The molecule has 6 heteroatoms. The predicted octanol–water partition coefficient (Wildman–Crippen LogP) is 3.93. The van der Waals surface area contributed by atoms with E-state index in [4.69, 9.17) is 9.84 Å². The molecule has 0 saturated carbocycles. The van der Waals surface area contributed by atoms with Gasteiger partial charge in [0.1, 0.15) is 12.7 Å². The van der Waals surface area contributed by atoms with E-state index >= 15 is 0 Å². The third-order valence-corrected chi connectivity index (χ3v) is 6.36. The monoisotopic (exact) mass is 461 g/mol. The number of aliphatic hydroxyl groups excluding tert-OH is 3. The van der Waals surface area contributed by atoms with Gasteiger partial charge in [-0.2, -0.15) is 0 Å². The quantitative estimate of drug-likeness (QED) is 0.367. The summed E-state index contributed by atoms with van der Waals surface area (Å²) in [4.78, 5) is 12.3. The number of ether oxygens (including phenoxy) is 1. The highest BCUT2D eigenvalue weighted by Gasteiger charge is 2.29. The van der Waals surface area contributed by atoms with Gasteiger partial charge in [-0.3, -0.25) is 0 Å². The number of aliphatic hydroxyl groups is 3. The van der Waals surface area contributed by atoms with Crippen molar-refractivity contribution >= 4 is 6.09 Å². The smallest absolute Gasteiger partial charge is 0.407 e. The molecule has 0 heterocycles. The lowest BCUT2D eigenvalue weighted by molar-refractivity contribution is 0.0136. The van der Waals surface area contributed by atoms with Crippen LogP contribution in [0, 0.1) is 0 Å². The van der Waals surface area contributed by atoms with Crippen molar-refractivity contribution in [1.29, 1.82) is 0 Å². The van der Waals surface area contributed by atoms with Crippen molar-refractivity contribution in [2.45, 2.75) is 37.4 Å². The fourth-order valence-electron chi connectivity index (χ4n) is 4.52. The number of nitrogens with one attached hydrogen (secondary N) is 1. The molecule has 0 saturated heterocycles. The number of aryl methyl sites for hydroxylation is 1. The van der Waals surface area contributed by atoms with Crippen molar-refractivity contribution < 1.29 is 24.9 Å². The van der Waals surface area contributed by atoms with Gasteiger partial charge in [0.25, 0.3) is 0 Å². The van der Waals surface area contributed by atoms with Gasteiger partial charge in [-0.15, -0.1) is 0 Å². The molecule has 1 aliphatic rings. The molecule has 0 radical (unpaired) electrons. The van der Waals surface area contributed by atoms with Crippen LogP contribution in [0.25, 0.3) is 11.1 Å². The van der Waals surface area contributed by atoms with Gasteiger partial charge in [-0.25, -0.2) is 4.79 Å². The van der Waals surface area contributed by atoms with E-state index in [1.807, 2.05) is 36.4 Å². The van der Waals surface area contributed by atoms with E-state index in [9.17, 15) is 15.0 Å². The second kappa shape index (κ2) is 11.3. The number of rotatable bonds is 10. The third kappa shape index (κ3) is 5.47. The lowest BCUT2D eigenvalue weighted by Gasteiger charge is -2.19. The van der Waals surface area contributed by atoms with Crippen molar-refractivity contribution in [2.24, 2.45) is 0 Å². The van der Waals surface area contributed by atoms with Gasteiger partial charge in [0.05, 0.1) is 6.10 Å². The van der Waals surface area contributed by atoms with Gasteiger partial charge in [0.2, 0.25) is 0 Å². The maximum atomic E-state index is 12.3. The fourth-order valence-corrected chi connectivity index (χ4v) is 4.52. The largest absolute Gasteiger partial charge is 0.449 e. The van der Waals surface area contributed by atoms with Gasteiger partial charge in [-0.05, 0) is 52.6 Å². The number of hydrogen-bond acceptors (Lipinski definition) is 5. The van der Waals surface area contributed by atoms with E-state index < -0.39 is 18.3 Å². The Morgan fingerprint density at radius 3 is 2.15 bits per heavy atom. The minimum atomic E-state index is -1.05. The summed E-state index contributed by atoms with van der Waals surface area (Å²) in [6.07, 6.45) is -0.964. The minimum absolute atomic E-state index is 0.00841. The molecule has 0 fully saturated rings. The number of alkyl carbamates (subject to hydrolysis) is 1. The summed E-state index contributed by atoms with van der Waals surface area (Å²) in [6.45, 7) is 0.552. The number of amides is 1. The average Bonchev–Trinajstić information content (AvgIpc) is 3.19. The molecular formula is C28H31NO5. The predicted molar refractivity (Wildman–Crippen MR) is 131 cm³/mol. The van der Waals surface area contributed by atoms with Crippen molar-refractivity contribution in [3.63, 3.8) is 0 Å². The second-order valence-corrected chi connectivity index (χ2v) is 8.62. The van der Waals surface area contributed by atoms with E-state index in [2.05, 4.69) is 29.6 Å². The van der Waals surface area contributed by atoms with Gasteiger partial charge in [-0.1, -0.05) is 72.8 Å². The van der Waals surface area contributed by atoms with Crippen LogP contribution in [0.2, 0.25) is 0 Å². The zero-order chi connectivity index (χ0) is 23.9. The Hall–Kier alpha value is -3.19. The molecule has 3 aromatic rings. The highest BCUT2D eigenvalue weighted by atomic mass is 16.5. The van der Waals surface area contributed by atoms with Gasteiger partial charge in [0, 0.05) is 19.1 Å². The summed E-state index contributed by atoms with van der Waals surface area (Å²) in [5.74, 6) is -0.00841. The van der Waals surface area contributed by atoms with Gasteiger partial charge in [0.15, 0.2) is 0 Å². The Morgan fingerprint density at radius 2 is 1.53 bits per heavy atom. The van der Waals surface area contributed by atoms with E-state index in [1.54, 1.807) is 12.1 Å². The van der Waals surface area contributed by atoms with Crippen LogP contribution in [0.4, 0.5) is 4.79 Å². The number of carbonyl (C=O) groups is 1. The molecule has 2 unspecified atom stereocenters. The first kappa shape index (κ1) is 24.0. The average molecular weight is 462 g/mol. The zero-order valence-corrected chi connectivity index (χ0v) is 19.1. The molecule has 0 spiro atoms. The molecule has 1 aliphatic carbocycles. The SMILES string of the molecule is O=C(NCCC(O)C(O)c1ccc(CCCO)cc1)OCC1c2ccccc2-c2ccccc21. The van der Waals surface area contributed by atoms with E-state index in [0.29, 0.717) is 12.0 Å². The molecule has 178 valence electrons. The Bertz CT molecular complexity index is 1050. The number of carbonyl (C=O) groups excluding carboxylic acids is 1. The fraction of sp³-hybridized carbons (Fsp3) is 0.321. The molecule has 34 heavy (non-hydrogen) atoms. The summed E-state index contributed by atoms with van der Waals surface area (Å²) in [5, 5.41) is 32.3. The molecule has 6 nitrogen and oxygen atoms in total. The third-order valence-electron chi connectivity index (χ3n) is 6.36. The molecule has 1 amide bonds. The molecular weight excluding hydrogens is 430 g/mol. The van der Waals surface area contributed by atoms with Crippen LogP contribution in [-0.2, 0) is 11.2 Å². The van der Waals surface area contributed by atoms with Crippen molar-refractivity contribution in [2.75, 3.05) is 19.8 Å². The van der Waals surface area contributed by atoms with Gasteiger partial charge >= 0.3 is 6.09 Å². The Labute approximate surface area is 199 Å². The molecule has 0 bridgehead atoms. The summed E-state index contributed by atoms with van der Waals surface area (Å²) < 4.78 is 5.50. The van der Waals surface area contributed by atoms with Crippen LogP contribution in [0.1, 0.15) is 47.1 Å². The summed E-state index contributed by atoms with van der Waals surface area (Å²) >= 11 is 0. The molecule has 2 atom stereocenters. The zero-order valence-electron chi connectivity index (χ0n) is 19.1.